The van der Waals surface area contributed by atoms with Crippen molar-refractivity contribution in [2.24, 2.45) is 13.0 Å². The molecular weight excluding hydrogens is 212 g/mol. The zero-order valence-electron chi connectivity index (χ0n) is 9.67. The number of ketones is 1. The van der Waals surface area contributed by atoms with Crippen LogP contribution < -0.4 is 0 Å². The van der Waals surface area contributed by atoms with Gasteiger partial charge in [-0.1, -0.05) is 18.5 Å². The second-order valence-corrected chi connectivity index (χ2v) is 4.56. The van der Waals surface area contributed by atoms with Gasteiger partial charge in [0.1, 0.15) is 5.78 Å². The van der Waals surface area contributed by atoms with Crippen LogP contribution in [0.4, 0.5) is 0 Å². The lowest BCUT2D eigenvalue weighted by Gasteiger charge is -2.09. The molecule has 1 unspecified atom stereocenters. The van der Waals surface area contributed by atoms with Crippen molar-refractivity contribution in [3.63, 3.8) is 0 Å². The average molecular weight is 229 g/mol. The quantitative estimate of drug-likeness (QED) is 0.794. The van der Waals surface area contributed by atoms with Crippen LogP contribution in [0.2, 0.25) is 5.02 Å². The van der Waals surface area contributed by atoms with Crippen LogP contribution in [0.25, 0.3) is 0 Å². The van der Waals surface area contributed by atoms with Crippen molar-refractivity contribution in [2.75, 3.05) is 0 Å². The standard InChI is InChI=1S/C11H17ClN2O/c1-7(5-8(2)15)6-10-11(12)9(3)13-14(10)4/h7H,5-6H2,1-4H3. The zero-order valence-corrected chi connectivity index (χ0v) is 10.4. The first-order valence-corrected chi connectivity index (χ1v) is 5.47. The van der Waals surface area contributed by atoms with Crippen LogP contribution in [0.15, 0.2) is 0 Å². The lowest BCUT2D eigenvalue weighted by Crippen LogP contribution is -2.08. The Morgan fingerprint density at radius 3 is 2.60 bits per heavy atom. The number of halogens is 1. The molecule has 0 N–H and O–H groups in total. The predicted octanol–water partition coefficient (Wildman–Crippen LogP) is 2.54. The number of Topliss-reactive ketones (excluding diaryl/α,β-unsaturated/α-hetero) is 1. The monoisotopic (exact) mass is 228 g/mol. The molecule has 1 heterocycles. The van der Waals surface area contributed by atoms with Crippen molar-refractivity contribution in [3.05, 3.63) is 16.4 Å². The Balaban J connectivity index is 2.76. The highest BCUT2D eigenvalue weighted by Gasteiger charge is 2.15. The van der Waals surface area contributed by atoms with Gasteiger partial charge in [-0.2, -0.15) is 5.10 Å². The Bertz CT molecular complexity index is 371. The van der Waals surface area contributed by atoms with Gasteiger partial charge in [-0.25, -0.2) is 0 Å². The summed E-state index contributed by atoms with van der Waals surface area (Å²) in [7, 11) is 1.88. The molecule has 0 radical (unpaired) electrons. The van der Waals surface area contributed by atoms with Crippen LogP contribution in [-0.2, 0) is 18.3 Å². The smallest absolute Gasteiger partial charge is 0.130 e. The van der Waals surface area contributed by atoms with Crippen molar-refractivity contribution in [2.45, 2.75) is 33.6 Å². The number of rotatable bonds is 4. The van der Waals surface area contributed by atoms with Gasteiger partial charge < -0.3 is 4.79 Å². The Morgan fingerprint density at radius 1 is 1.60 bits per heavy atom. The fraction of sp³-hybridized carbons (Fsp3) is 0.636. The fourth-order valence-corrected chi connectivity index (χ4v) is 2.03. The van der Waals surface area contributed by atoms with Gasteiger partial charge in [-0.05, 0) is 26.2 Å². The first kappa shape index (κ1) is 12.2. The van der Waals surface area contributed by atoms with E-state index in [4.69, 9.17) is 11.6 Å². The average Bonchev–Trinajstić information content (AvgIpc) is 2.31. The number of aromatic nitrogens is 2. The molecule has 0 saturated heterocycles. The Kier molecular flexibility index (Phi) is 3.91. The lowest BCUT2D eigenvalue weighted by molar-refractivity contribution is -0.117. The summed E-state index contributed by atoms with van der Waals surface area (Å²) in [6.07, 6.45) is 1.40. The molecule has 4 heteroatoms. The molecule has 0 spiro atoms. The van der Waals surface area contributed by atoms with Crippen molar-refractivity contribution >= 4 is 17.4 Å². The molecular formula is C11H17ClN2O. The first-order chi connectivity index (χ1) is 6.91. The van der Waals surface area contributed by atoms with Crippen molar-refractivity contribution in [1.82, 2.24) is 9.78 Å². The van der Waals surface area contributed by atoms with Gasteiger partial charge >= 0.3 is 0 Å². The van der Waals surface area contributed by atoms with E-state index in [-0.39, 0.29) is 5.78 Å². The molecule has 1 atom stereocenters. The molecule has 0 aliphatic carbocycles. The summed E-state index contributed by atoms with van der Waals surface area (Å²) in [5.41, 5.74) is 1.87. The van der Waals surface area contributed by atoms with Crippen LogP contribution >= 0.6 is 11.6 Å². The number of hydrogen-bond donors (Lipinski definition) is 0. The molecule has 84 valence electrons. The predicted molar refractivity (Wildman–Crippen MR) is 61.1 cm³/mol. The third-order valence-electron chi connectivity index (χ3n) is 2.44. The minimum Gasteiger partial charge on any atom is -0.300 e. The van der Waals surface area contributed by atoms with Gasteiger partial charge in [0.2, 0.25) is 0 Å². The van der Waals surface area contributed by atoms with Crippen molar-refractivity contribution in [1.29, 1.82) is 0 Å². The van der Waals surface area contributed by atoms with Gasteiger partial charge in [0.15, 0.2) is 0 Å². The molecule has 0 saturated carbocycles. The molecule has 3 nitrogen and oxygen atoms in total. The fourth-order valence-electron chi connectivity index (χ4n) is 1.79. The molecule has 15 heavy (non-hydrogen) atoms. The summed E-state index contributed by atoms with van der Waals surface area (Å²) in [4.78, 5) is 11.0. The van der Waals surface area contributed by atoms with E-state index >= 15 is 0 Å². The van der Waals surface area contributed by atoms with Gasteiger partial charge in [0.25, 0.3) is 0 Å². The van der Waals surface area contributed by atoms with E-state index in [1.807, 2.05) is 14.0 Å². The number of carbonyl (C=O) groups is 1. The molecule has 0 aliphatic rings. The third kappa shape index (κ3) is 3.06. The topological polar surface area (TPSA) is 34.9 Å². The number of carbonyl (C=O) groups excluding carboxylic acids is 1. The Labute approximate surface area is 95.4 Å². The summed E-state index contributed by atoms with van der Waals surface area (Å²) in [6, 6.07) is 0. The van der Waals surface area contributed by atoms with Crippen molar-refractivity contribution in [3.8, 4) is 0 Å². The number of aryl methyl sites for hydroxylation is 2. The van der Waals surface area contributed by atoms with E-state index in [0.29, 0.717) is 12.3 Å². The van der Waals surface area contributed by atoms with Gasteiger partial charge in [0.05, 0.1) is 16.4 Å². The normalized spacial score (nSPS) is 12.9. The van der Waals surface area contributed by atoms with E-state index in [0.717, 1.165) is 22.8 Å². The SMILES string of the molecule is CC(=O)CC(C)Cc1c(Cl)c(C)nn1C. The van der Waals surface area contributed by atoms with Crippen LogP contribution in [0.1, 0.15) is 31.7 Å². The Hall–Kier alpha value is -0.830. The summed E-state index contributed by atoms with van der Waals surface area (Å²) < 4.78 is 1.80. The van der Waals surface area contributed by atoms with Crippen LogP contribution in [0.3, 0.4) is 0 Å². The van der Waals surface area contributed by atoms with E-state index in [9.17, 15) is 4.79 Å². The van der Waals surface area contributed by atoms with E-state index in [1.165, 1.54) is 0 Å². The highest BCUT2D eigenvalue weighted by atomic mass is 35.5. The number of hydrogen-bond acceptors (Lipinski definition) is 2. The highest BCUT2D eigenvalue weighted by Crippen LogP contribution is 2.23. The molecule has 1 rings (SSSR count). The van der Waals surface area contributed by atoms with Crippen LogP contribution in [0.5, 0.6) is 0 Å². The highest BCUT2D eigenvalue weighted by molar-refractivity contribution is 6.31. The van der Waals surface area contributed by atoms with Gasteiger partial charge in [-0.3, -0.25) is 4.68 Å². The van der Waals surface area contributed by atoms with Crippen LogP contribution in [0, 0.1) is 12.8 Å². The maximum Gasteiger partial charge on any atom is 0.130 e. The maximum atomic E-state index is 11.0. The molecule has 1 aromatic rings. The summed E-state index contributed by atoms with van der Waals surface area (Å²) in [5, 5.41) is 4.97. The molecule has 0 aliphatic heterocycles. The second-order valence-electron chi connectivity index (χ2n) is 4.19. The first-order valence-electron chi connectivity index (χ1n) is 5.09. The third-order valence-corrected chi connectivity index (χ3v) is 2.93. The van der Waals surface area contributed by atoms with E-state index in [2.05, 4.69) is 12.0 Å². The van der Waals surface area contributed by atoms with E-state index < -0.39 is 0 Å². The summed E-state index contributed by atoms with van der Waals surface area (Å²) in [6.45, 7) is 5.56. The summed E-state index contributed by atoms with van der Waals surface area (Å²) >= 11 is 6.13. The van der Waals surface area contributed by atoms with Gasteiger partial charge in [0, 0.05) is 13.5 Å². The Morgan fingerprint density at radius 2 is 2.20 bits per heavy atom. The molecule has 0 aromatic carbocycles. The lowest BCUT2D eigenvalue weighted by atomic mass is 9.99. The minimum absolute atomic E-state index is 0.220. The van der Waals surface area contributed by atoms with E-state index in [1.54, 1.807) is 11.6 Å². The number of nitrogens with zero attached hydrogens (tertiary/aromatic N) is 2. The molecule has 0 bridgehead atoms. The molecule has 0 fully saturated rings. The molecule has 1 aromatic heterocycles. The summed E-state index contributed by atoms with van der Waals surface area (Å²) in [5.74, 6) is 0.535. The van der Waals surface area contributed by atoms with Crippen molar-refractivity contribution < 1.29 is 4.79 Å². The van der Waals surface area contributed by atoms with Gasteiger partial charge in [-0.15, -0.1) is 0 Å². The second kappa shape index (κ2) is 4.79. The van der Waals surface area contributed by atoms with Crippen LogP contribution in [-0.4, -0.2) is 15.6 Å². The largest absolute Gasteiger partial charge is 0.300 e. The zero-order chi connectivity index (χ0) is 11.6. The minimum atomic E-state index is 0.220. The maximum absolute atomic E-state index is 11.0. The molecule has 0 amide bonds.